The Morgan fingerprint density at radius 3 is 2.62 bits per heavy atom. The molecule has 124 valence electrons. The highest BCUT2D eigenvalue weighted by atomic mass is 32.2. The number of rotatable bonds is 3. The number of thioether (sulfide) groups is 1. The number of hydrogen-bond donors (Lipinski definition) is 0. The number of hydrogen-bond acceptors (Lipinski definition) is 5. The van der Waals surface area contributed by atoms with Crippen LogP contribution in [-0.2, 0) is 31.4 Å². The fraction of sp³-hybridized carbons (Fsp3) is 0.263. The summed E-state index contributed by atoms with van der Waals surface area (Å²) in [5.41, 5.74) is 3.84. The molecule has 0 saturated heterocycles. The number of ether oxygens (including phenoxy) is 2. The number of carbonyl (C=O) groups excluding carboxylic acids is 2. The first-order chi connectivity index (χ1) is 11.6. The van der Waals surface area contributed by atoms with Crippen LogP contribution in [0.25, 0.3) is 0 Å². The Labute approximate surface area is 145 Å². The summed E-state index contributed by atoms with van der Waals surface area (Å²) >= 11 is 1.72. The van der Waals surface area contributed by atoms with E-state index in [9.17, 15) is 9.59 Å². The van der Waals surface area contributed by atoms with Gasteiger partial charge in [0.1, 0.15) is 6.61 Å². The minimum absolute atomic E-state index is 0.170. The van der Waals surface area contributed by atoms with Crippen LogP contribution in [0.5, 0.6) is 0 Å². The first kappa shape index (κ1) is 16.6. The van der Waals surface area contributed by atoms with Crippen molar-refractivity contribution < 1.29 is 19.1 Å². The summed E-state index contributed by atoms with van der Waals surface area (Å²) in [4.78, 5) is 24.0. The molecule has 24 heavy (non-hydrogen) atoms. The van der Waals surface area contributed by atoms with Crippen LogP contribution in [0.3, 0.4) is 0 Å². The average molecular weight is 342 g/mol. The molecule has 0 saturated carbocycles. The molecule has 0 amide bonds. The molecule has 0 N–H and O–H groups in total. The van der Waals surface area contributed by atoms with E-state index >= 15 is 0 Å². The highest BCUT2D eigenvalue weighted by molar-refractivity contribution is 7.98. The van der Waals surface area contributed by atoms with E-state index in [1.807, 2.05) is 42.5 Å². The fourth-order valence-corrected chi connectivity index (χ4v) is 3.94. The maximum atomic E-state index is 11.7. The Morgan fingerprint density at radius 2 is 1.88 bits per heavy atom. The number of fused-ring (bicyclic) bond motifs is 2. The van der Waals surface area contributed by atoms with Gasteiger partial charge in [0.15, 0.2) is 6.10 Å². The topological polar surface area (TPSA) is 52.6 Å². The minimum Gasteiger partial charge on any atom is -0.461 e. The van der Waals surface area contributed by atoms with Gasteiger partial charge in [-0.1, -0.05) is 36.4 Å². The van der Waals surface area contributed by atoms with Crippen molar-refractivity contribution in [2.75, 3.05) is 0 Å². The second kappa shape index (κ2) is 7.09. The first-order valence-electron chi connectivity index (χ1n) is 7.69. The molecule has 2 aromatic carbocycles. The van der Waals surface area contributed by atoms with E-state index in [2.05, 4.69) is 0 Å². The van der Waals surface area contributed by atoms with Gasteiger partial charge in [-0.2, -0.15) is 0 Å². The smallest absolute Gasteiger partial charge is 0.303 e. The lowest BCUT2D eigenvalue weighted by Crippen LogP contribution is -2.14. The lowest BCUT2D eigenvalue weighted by molar-refractivity contribution is -0.145. The first-order valence-corrected chi connectivity index (χ1v) is 8.68. The van der Waals surface area contributed by atoms with E-state index in [1.165, 1.54) is 13.8 Å². The Balaban J connectivity index is 2.12. The molecule has 0 radical (unpaired) electrons. The zero-order valence-corrected chi connectivity index (χ0v) is 14.4. The van der Waals surface area contributed by atoms with Crippen molar-refractivity contribution in [3.05, 3.63) is 64.7 Å². The Kier molecular flexibility index (Phi) is 4.90. The predicted molar refractivity (Wildman–Crippen MR) is 91.5 cm³/mol. The van der Waals surface area contributed by atoms with E-state index < -0.39 is 6.10 Å². The number of esters is 2. The molecule has 1 unspecified atom stereocenters. The van der Waals surface area contributed by atoms with Crippen LogP contribution < -0.4 is 0 Å². The standard InChI is InChI=1S/C19H18O4S/c1-12(20)22-10-14-6-5-7-15-11-24-17-9-4-3-8-16(17)19(18(14)15)23-13(2)21/h3-9,19H,10-11H2,1-2H3. The summed E-state index contributed by atoms with van der Waals surface area (Å²) in [6.07, 6.45) is -0.490. The van der Waals surface area contributed by atoms with Gasteiger partial charge < -0.3 is 9.47 Å². The molecule has 0 fully saturated rings. The van der Waals surface area contributed by atoms with Gasteiger partial charge >= 0.3 is 11.9 Å². The van der Waals surface area contributed by atoms with Gasteiger partial charge in [0.2, 0.25) is 0 Å². The zero-order valence-electron chi connectivity index (χ0n) is 13.6. The second-order valence-electron chi connectivity index (χ2n) is 5.59. The van der Waals surface area contributed by atoms with Crippen molar-refractivity contribution >= 4 is 23.7 Å². The largest absolute Gasteiger partial charge is 0.461 e. The van der Waals surface area contributed by atoms with Crippen LogP contribution in [0.1, 0.15) is 42.2 Å². The third kappa shape index (κ3) is 3.46. The lowest BCUT2D eigenvalue weighted by Gasteiger charge is -2.22. The highest BCUT2D eigenvalue weighted by Crippen LogP contribution is 2.42. The molecular weight excluding hydrogens is 324 g/mol. The Bertz CT molecular complexity index is 785. The van der Waals surface area contributed by atoms with E-state index in [4.69, 9.17) is 9.47 Å². The molecular formula is C19H18O4S. The summed E-state index contributed by atoms with van der Waals surface area (Å²) in [7, 11) is 0. The highest BCUT2D eigenvalue weighted by Gasteiger charge is 2.28. The van der Waals surface area contributed by atoms with Crippen molar-refractivity contribution in [2.24, 2.45) is 0 Å². The van der Waals surface area contributed by atoms with Gasteiger partial charge in [0.05, 0.1) is 0 Å². The van der Waals surface area contributed by atoms with E-state index in [0.29, 0.717) is 0 Å². The van der Waals surface area contributed by atoms with Gasteiger partial charge in [-0.25, -0.2) is 0 Å². The summed E-state index contributed by atoms with van der Waals surface area (Å²) in [5, 5.41) is 0. The average Bonchev–Trinajstić information content (AvgIpc) is 2.71. The van der Waals surface area contributed by atoms with Crippen LogP contribution in [0, 0.1) is 0 Å². The van der Waals surface area contributed by atoms with Crippen molar-refractivity contribution in [3.63, 3.8) is 0 Å². The quantitative estimate of drug-likeness (QED) is 0.789. The van der Waals surface area contributed by atoms with Crippen LogP contribution in [0.4, 0.5) is 0 Å². The van der Waals surface area contributed by atoms with Gasteiger partial charge in [0.25, 0.3) is 0 Å². The zero-order chi connectivity index (χ0) is 17.1. The van der Waals surface area contributed by atoms with Gasteiger partial charge in [-0.15, -0.1) is 11.8 Å². The molecule has 4 nitrogen and oxygen atoms in total. The van der Waals surface area contributed by atoms with E-state index in [0.717, 1.165) is 32.9 Å². The third-order valence-electron chi connectivity index (χ3n) is 3.85. The molecule has 1 aliphatic rings. The minimum atomic E-state index is -0.490. The van der Waals surface area contributed by atoms with Crippen LogP contribution in [0.15, 0.2) is 47.4 Å². The van der Waals surface area contributed by atoms with Crippen molar-refractivity contribution in [1.29, 1.82) is 0 Å². The molecule has 2 aromatic rings. The predicted octanol–water partition coefficient (Wildman–Crippen LogP) is 4.01. The van der Waals surface area contributed by atoms with Gasteiger partial charge in [-0.3, -0.25) is 9.59 Å². The summed E-state index contributed by atoms with van der Waals surface area (Å²) in [6, 6.07) is 13.8. The van der Waals surface area contributed by atoms with Crippen LogP contribution >= 0.6 is 11.8 Å². The SMILES string of the molecule is CC(=O)OCc1cccc2c1C(OC(C)=O)c1ccccc1SC2. The molecule has 1 aliphatic heterocycles. The Morgan fingerprint density at radius 1 is 1.08 bits per heavy atom. The maximum absolute atomic E-state index is 11.7. The molecule has 0 spiro atoms. The number of benzene rings is 2. The number of carbonyl (C=O) groups is 2. The van der Waals surface area contributed by atoms with Gasteiger partial charge in [-0.05, 0) is 17.2 Å². The lowest BCUT2D eigenvalue weighted by atomic mass is 9.93. The maximum Gasteiger partial charge on any atom is 0.303 e. The van der Waals surface area contributed by atoms with Crippen LogP contribution in [0.2, 0.25) is 0 Å². The third-order valence-corrected chi connectivity index (χ3v) is 4.99. The molecule has 0 aromatic heterocycles. The fourth-order valence-electron chi connectivity index (χ4n) is 2.86. The molecule has 5 heteroatoms. The van der Waals surface area contributed by atoms with Crippen LogP contribution in [-0.4, -0.2) is 11.9 Å². The summed E-state index contributed by atoms with van der Waals surface area (Å²) in [6.45, 7) is 2.97. The van der Waals surface area contributed by atoms with Crippen molar-refractivity contribution in [1.82, 2.24) is 0 Å². The van der Waals surface area contributed by atoms with Crippen molar-refractivity contribution in [3.8, 4) is 0 Å². The molecule has 3 rings (SSSR count). The van der Waals surface area contributed by atoms with E-state index in [-0.39, 0.29) is 18.5 Å². The monoisotopic (exact) mass is 342 g/mol. The van der Waals surface area contributed by atoms with E-state index in [1.54, 1.807) is 11.8 Å². The molecule has 0 aliphatic carbocycles. The second-order valence-corrected chi connectivity index (χ2v) is 6.60. The molecule has 1 atom stereocenters. The summed E-state index contributed by atoms with van der Waals surface area (Å²) < 4.78 is 10.9. The normalized spacial score (nSPS) is 15.7. The van der Waals surface area contributed by atoms with Gasteiger partial charge in [0, 0.05) is 35.6 Å². The molecule has 1 heterocycles. The molecule has 0 bridgehead atoms. The Hall–Kier alpha value is -2.27. The van der Waals surface area contributed by atoms with Crippen molar-refractivity contribution in [2.45, 2.75) is 37.2 Å². The summed E-state index contributed by atoms with van der Waals surface area (Å²) in [5.74, 6) is 0.105.